The summed E-state index contributed by atoms with van der Waals surface area (Å²) >= 11 is 6.26. The summed E-state index contributed by atoms with van der Waals surface area (Å²) in [6, 6.07) is 14.7. The van der Waals surface area contributed by atoms with Crippen LogP contribution in [0.25, 0.3) is 16.6 Å². The van der Waals surface area contributed by atoms with Crippen molar-refractivity contribution >= 4 is 79.3 Å². The molecule has 1 aliphatic heterocycles. The predicted octanol–water partition coefficient (Wildman–Crippen LogP) is 2.00. The second-order valence-electron chi connectivity index (χ2n) is 11.4. The van der Waals surface area contributed by atoms with Crippen LogP contribution in [0.4, 0.5) is 21.9 Å². The Bertz CT molecular complexity index is 2290. The number of amides is 5. The van der Waals surface area contributed by atoms with Crippen molar-refractivity contribution in [2.75, 3.05) is 34.9 Å². The number of carboxylic acid groups (broad SMARTS) is 1. The lowest BCUT2D eigenvalue weighted by Gasteiger charge is -2.38. The highest BCUT2D eigenvalue weighted by Gasteiger charge is 2.40. The molecule has 0 radical (unpaired) electrons. The molecule has 1 fully saturated rings. The van der Waals surface area contributed by atoms with Crippen LogP contribution >= 0.6 is 11.6 Å². The highest BCUT2D eigenvalue weighted by molar-refractivity contribution is 7.89. The number of aromatic nitrogens is 5. The number of tetrazole rings is 1. The molecule has 6 rings (SSSR count). The van der Waals surface area contributed by atoms with Crippen LogP contribution in [-0.4, -0.2) is 98.7 Å². The minimum atomic E-state index is -3.80. The Morgan fingerprint density at radius 1 is 0.941 bits per heavy atom. The molecule has 0 aliphatic carbocycles. The molecule has 1 saturated heterocycles. The summed E-state index contributed by atoms with van der Waals surface area (Å²) in [4.78, 5) is 70.1. The maximum absolute atomic E-state index is 14.0. The van der Waals surface area contributed by atoms with Crippen LogP contribution in [0.2, 0.25) is 5.02 Å². The third-order valence-corrected chi connectivity index (χ3v) is 8.59. The maximum atomic E-state index is 14.0. The number of piperazine rings is 1. The van der Waals surface area contributed by atoms with E-state index in [0.29, 0.717) is 32.9 Å². The van der Waals surface area contributed by atoms with Gasteiger partial charge in [0.2, 0.25) is 15.9 Å². The largest absolute Gasteiger partial charge is 0.477 e. The molecule has 2 aromatic heterocycles. The van der Waals surface area contributed by atoms with E-state index in [1.54, 1.807) is 47.2 Å². The van der Waals surface area contributed by atoms with Crippen molar-refractivity contribution in [1.29, 1.82) is 0 Å². The Hall–Kier alpha value is -6.34. The number of carbonyl (C=O) groups excluding carboxylic acids is 4. The number of rotatable bonds is 10. The number of urea groups is 1. The Balaban J connectivity index is 1.27. The van der Waals surface area contributed by atoms with Crippen molar-refractivity contribution in [3.05, 3.63) is 89.3 Å². The number of anilines is 3. The Morgan fingerprint density at radius 2 is 1.69 bits per heavy atom. The molecule has 1 atom stereocenters. The summed E-state index contributed by atoms with van der Waals surface area (Å²) in [5.74, 6) is -3.68. The fourth-order valence-electron chi connectivity index (χ4n) is 5.52. The SMILES string of the molecule is CS(=O)(=O)NC(=O)Nc1ccc(CC(C(=O)Nc2ccc3[nH]c(C(=O)O)cc3c2)N2CCN(c3cc(Cl)ccc3-n3cnnn3)C(=O)C2=O)cc1. The molecular formula is C31H27ClN10O8S. The molecule has 5 amide bonds. The molecule has 0 saturated carbocycles. The van der Waals surface area contributed by atoms with Gasteiger partial charge in [0.1, 0.15) is 18.1 Å². The van der Waals surface area contributed by atoms with Crippen LogP contribution in [0.15, 0.2) is 73.1 Å². The van der Waals surface area contributed by atoms with Crippen LogP contribution in [0.3, 0.4) is 0 Å². The number of carboxylic acids is 1. The van der Waals surface area contributed by atoms with Gasteiger partial charge in [-0.25, -0.2) is 22.7 Å². The standard InChI is InChI=1S/C31H27ClN10O8S/c1-51(49,50)37-31(48)35-20-5-2-17(3-6-20)12-26(27(43)34-21-7-8-22-18(13-21)14-23(36-22)30(46)47)41-11-10-40(28(44)29(41)45)25-15-19(32)4-9-24(25)42-16-33-38-39-42/h2-9,13-16,26,36H,10-12H2,1H3,(H,34,43)(H,46,47)(H2,35,37,48). The summed E-state index contributed by atoms with van der Waals surface area (Å²) in [6.45, 7) is -0.0796. The molecule has 51 heavy (non-hydrogen) atoms. The minimum Gasteiger partial charge on any atom is -0.477 e. The summed E-state index contributed by atoms with van der Waals surface area (Å²) in [6.07, 6.45) is 2.09. The van der Waals surface area contributed by atoms with E-state index in [-0.39, 0.29) is 36.6 Å². The summed E-state index contributed by atoms with van der Waals surface area (Å²) in [5, 5.41) is 26.5. The number of benzene rings is 3. The van der Waals surface area contributed by atoms with Crippen LogP contribution in [0.5, 0.6) is 0 Å². The van der Waals surface area contributed by atoms with E-state index >= 15 is 0 Å². The Morgan fingerprint density at radius 3 is 2.37 bits per heavy atom. The van der Waals surface area contributed by atoms with Gasteiger partial charge in [-0.1, -0.05) is 23.7 Å². The fourth-order valence-corrected chi connectivity index (χ4v) is 6.08. The molecule has 262 valence electrons. The monoisotopic (exact) mass is 734 g/mol. The van der Waals surface area contributed by atoms with E-state index in [4.69, 9.17) is 11.6 Å². The number of hydrogen-bond donors (Lipinski definition) is 5. The number of fused-ring (bicyclic) bond motifs is 1. The number of nitrogens with one attached hydrogen (secondary N) is 4. The normalized spacial score (nSPS) is 14.0. The van der Waals surface area contributed by atoms with Crippen molar-refractivity contribution in [3.8, 4) is 5.69 Å². The number of hydrogen-bond acceptors (Lipinski definition) is 10. The highest BCUT2D eigenvalue weighted by atomic mass is 35.5. The number of H-pyrrole nitrogens is 1. The van der Waals surface area contributed by atoms with Gasteiger partial charge in [-0.15, -0.1) is 5.10 Å². The summed E-state index contributed by atoms with van der Waals surface area (Å²) in [5.41, 5.74) is 2.25. The first kappa shape index (κ1) is 34.5. The number of nitrogens with zero attached hydrogens (tertiary/aromatic N) is 6. The van der Waals surface area contributed by atoms with Gasteiger partial charge in [-0.2, -0.15) is 4.68 Å². The molecule has 0 spiro atoms. The van der Waals surface area contributed by atoms with Gasteiger partial charge in [-0.3, -0.25) is 14.4 Å². The van der Waals surface area contributed by atoms with Gasteiger partial charge >= 0.3 is 23.8 Å². The van der Waals surface area contributed by atoms with E-state index < -0.39 is 45.8 Å². The quantitative estimate of drug-likeness (QED) is 0.130. The lowest BCUT2D eigenvalue weighted by molar-refractivity contribution is -0.149. The minimum absolute atomic E-state index is 0.0185. The first-order valence-corrected chi connectivity index (χ1v) is 17.2. The molecule has 18 nitrogen and oxygen atoms in total. The molecular weight excluding hydrogens is 708 g/mol. The Kier molecular flexibility index (Phi) is 9.39. The van der Waals surface area contributed by atoms with E-state index in [1.165, 1.54) is 45.1 Å². The zero-order chi connectivity index (χ0) is 36.4. The van der Waals surface area contributed by atoms with Crippen molar-refractivity contribution < 1.29 is 37.5 Å². The maximum Gasteiger partial charge on any atom is 0.352 e. The van der Waals surface area contributed by atoms with Gasteiger partial charge in [-0.05, 0) is 70.6 Å². The number of sulfonamides is 1. The zero-order valence-electron chi connectivity index (χ0n) is 26.4. The molecule has 0 bridgehead atoms. The average molecular weight is 735 g/mol. The van der Waals surface area contributed by atoms with Crippen molar-refractivity contribution in [2.45, 2.75) is 12.5 Å². The molecule has 5 N–H and O–H groups in total. The second-order valence-corrected chi connectivity index (χ2v) is 13.6. The third kappa shape index (κ3) is 7.78. The lowest BCUT2D eigenvalue weighted by atomic mass is 10.0. The number of aromatic carboxylic acids is 1. The first-order valence-electron chi connectivity index (χ1n) is 15.0. The second kappa shape index (κ2) is 13.9. The van der Waals surface area contributed by atoms with Crippen molar-refractivity contribution in [3.63, 3.8) is 0 Å². The Labute approximate surface area is 293 Å². The fraction of sp³-hybridized carbons (Fsp3) is 0.161. The molecule has 1 aliphatic rings. The number of aromatic amines is 1. The summed E-state index contributed by atoms with van der Waals surface area (Å²) in [7, 11) is -3.80. The topological polar surface area (TPSA) is 242 Å². The molecule has 5 aromatic rings. The van der Waals surface area contributed by atoms with Crippen molar-refractivity contribution in [1.82, 2.24) is 34.8 Å². The predicted molar refractivity (Wildman–Crippen MR) is 183 cm³/mol. The van der Waals surface area contributed by atoms with Gasteiger partial charge in [0, 0.05) is 46.8 Å². The number of carbonyl (C=O) groups is 5. The zero-order valence-corrected chi connectivity index (χ0v) is 28.0. The van der Waals surface area contributed by atoms with E-state index in [0.717, 1.165) is 6.26 Å². The van der Waals surface area contributed by atoms with Crippen LogP contribution in [0.1, 0.15) is 16.1 Å². The van der Waals surface area contributed by atoms with Gasteiger partial charge < -0.3 is 30.5 Å². The van der Waals surface area contributed by atoms with E-state index in [2.05, 4.69) is 31.1 Å². The van der Waals surface area contributed by atoms with Crippen molar-refractivity contribution in [2.24, 2.45) is 0 Å². The van der Waals surface area contributed by atoms with Gasteiger partial charge in [0.15, 0.2) is 0 Å². The first-order chi connectivity index (χ1) is 24.3. The third-order valence-electron chi connectivity index (χ3n) is 7.79. The highest BCUT2D eigenvalue weighted by Crippen LogP contribution is 2.30. The van der Waals surface area contributed by atoms with E-state index in [1.807, 2.05) is 0 Å². The molecule has 3 aromatic carbocycles. The summed E-state index contributed by atoms with van der Waals surface area (Å²) < 4.78 is 25.9. The average Bonchev–Trinajstić information content (AvgIpc) is 3.76. The smallest absolute Gasteiger partial charge is 0.352 e. The van der Waals surface area contributed by atoms with E-state index in [9.17, 15) is 37.5 Å². The lowest BCUT2D eigenvalue weighted by Crippen LogP contribution is -2.60. The number of halogens is 1. The van der Waals surface area contributed by atoms with Gasteiger partial charge in [0.05, 0.1) is 17.6 Å². The van der Waals surface area contributed by atoms with Crippen LogP contribution < -0.4 is 20.3 Å². The molecule has 3 heterocycles. The molecule has 20 heteroatoms. The van der Waals surface area contributed by atoms with Gasteiger partial charge in [0.25, 0.3) is 0 Å². The van der Waals surface area contributed by atoms with Crippen LogP contribution in [-0.2, 0) is 30.8 Å². The molecule has 1 unspecified atom stereocenters. The van der Waals surface area contributed by atoms with Crippen LogP contribution in [0, 0.1) is 0 Å².